The summed E-state index contributed by atoms with van der Waals surface area (Å²) in [5.41, 5.74) is 0. The van der Waals surface area contributed by atoms with Crippen molar-refractivity contribution in [1.29, 1.82) is 0 Å². The summed E-state index contributed by atoms with van der Waals surface area (Å²) in [4.78, 5) is 6.64. The first-order valence-electron chi connectivity index (χ1n) is 8.09. The number of hydrogen-bond donors (Lipinski definition) is 2. The summed E-state index contributed by atoms with van der Waals surface area (Å²) in [6, 6.07) is 9.92. The lowest BCUT2D eigenvalue weighted by molar-refractivity contribution is 0.311. The van der Waals surface area contributed by atoms with Gasteiger partial charge in [-0.25, -0.2) is 0 Å². The molecule has 6 heteroatoms. The molecule has 1 aromatic rings. The second-order valence-corrected chi connectivity index (χ2v) is 5.81. The number of aliphatic imine (C=N–C) groups is 1. The van der Waals surface area contributed by atoms with Gasteiger partial charge in [0.15, 0.2) is 5.96 Å². The number of benzene rings is 1. The molecule has 0 spiro atoms. The Balaban J connectivity index is 0.00000264. The zero-order chi connectivity index (χ0) is 15.6. The first-order chi connectivity index (χ1) is 10.8. The number of ether oxygens (including phenoxy) is 1. The predicted molar refractivity (Wildman–Crippen MR) is 107 cm³/mol. The minimum atomic E-state index is 0. The van der Waals surface area contributed by atoms with Crippen LogP contribution in [0.15, 0.2) is 35.3 Å². The first-order valence-corrected chi connectivity index (χ1v) is 8.09. The molecule has 1 heterocycles. The van der Waals surface area contributed by atoms with Gasteiger partial charge in [-0.1, -0.05) is 18.2 Å². The highest BCUT2D eigenvalue weighted by atomic mass is 127. The van der Waals surface area contributed by atoms with Crippen LogP contribution < -0.4 is 15.4 Å². The number of halogens is 1. The van der Waals surface area contributed by atoms with Crippen molar-refractivity contribution in [3.63, 3.8) is 0 Å². The largest absolute Gasteiger partial charge is 0.494 e. The van der Waals surface area contributed by atoms with Crippen LogP contribution >= 0.6 is 24.0 Å². The Labute approximate surface area is 156 Å². The Morgan fingerprint density at radius 3 is 2.74 bits per heavy atom. The summed E-state index contributed by atoms with van der Waals surface area (Å²) in [6.07, 6.45) is 2.22. The summed E-state index contributed by atoms with van der Waals surface area (Å²) >= 11 is 0. The predicted octanol–water partition coefficient (Wildman–Crippen LogP) is 2.19. The van der Waals surface area contributed by atoms with Crippen LogP contribution in [0.25, 0.3) is 0 Å². The molecule has 0 bridgehead atoms. The Bertz CT molecular complexity index is 455. The van der Waals surface area contributed by atoms with Crippen molar-refractivity contribution in [2.24, 2.45) is 10.9 Å². The second-order valence-electron chi connectivity index (χ2n) is 5.81. The number of nitrogens with one attached hydrogen (secondary N) is 2. The fourth-order valence-electron chi connectivity index (χ4n) is 2.64. The highest BCUT2D eigenvalue weighted by molar-refractivity contribution is 14.0. The van der Waals surface area contributed by atoms with Crippen LogP contribution in [0.1, 0.15) is 12.8 Å². The minimum absolute atomic E-state index is 0. The molecule has 23 heavy (non-hydrogen) atoms. The summed E-state index contributed by atoms with van der Waals surface area (Å²) in [7, 11) is 4.00. The molecule has 0 aliphatic carbocycles. The van der Waals surface area contributed by atoms with Gasteiger partial charge in [0.25, 0.3) is 0 Å². The van der Waals surface area contributed by atoms with Crippen molar-refractivity contribution < 1.29 is 4.74 Å². The van der Waals surface area contributed by atoms with Crippen LogP contribution in [-0.2, 0) is 0 Å². The third kappa shape index (κ3) is 7.87. The van der Waals surface area contributed by atoms with Crippen LogP contribution in [0.5, 0.6) is 5.75 Å². The van der Waals surface area contributed by atoms with Crippen LogP contribution in [0.4, 0.5) is 0 Å². The molecule has 1 unspecified atom stereocenters. The number of para-hydroxylation sites is 1. The number of nitrogens with zero attached hydrogens (tertiary/aromatic N) is 2. The van der Waals surface area contributed by atoms with Crippen molar-refractivity contribution in [3.8, 4) is 5.75 Å². The molecule has 0 radical (unpaired) electrons. The van der Waals surface area contributed by atoms with Gasteiger partial charge < -0.3 is 20.3 Å². The minimum Gasteiger partial charge on any atom is -0.494 e. The summed E-state index contributed by atoms with van der Waals surface area (Å²) in [5, 5.41) is 6.75. The van der Waals surface area contributed by atoms with E-state index in [-0.39, 0.29) is 24.0 Å². The lowest BCUT2D eigenvalue weighted by Crippen LogP contribution is -2.40. The molecule has 2 N–H and O–H groups in total. The molecule has 1 fully saturated rings. The van der Waals surface area contributed by atoms with E-state index in [0.717, 1.165) is 37.1 Å². The number of hydrogen-bond acceptors (Lipinski definition) is 3. The van der Waals surface area contributed by atoms with Gasteiger partial charge in [-0.2, -0.15) is 0 Å². The van der Waals surface area contributed by atoms with Gasteiger partial charge in [-0.05, 0) is 44.5 Å². The SMILES string of the molecule is CN=C(NCCCOc1ccccc1)NCC1CCN(C)C1.I. The van der Waals surface area contributed by atoms with Crippen molar-refractivity contribution in [1.82, 2.24) is 15.5 Å². The third-order valence-electron chi connectivity index (χ3n) is 3.90. The molecule has 5 nitrogen and oxygen atoms in total. The van der Waals surface area contributed by atoms with E-state index in [2.05, 4.69) is 27.6 Å². The van der Waals surface area contributed by atoms with Gasteiger partial charge in [-0.15, -0.1) is 24.0 Å². The number of rotatable bonds is 7. The lowest BCUT2D eigenvalue weighted by atomic mass is 10.1. The van der Waals surface area contributed by atoms with Crippen molar-refractivity contribution in [3.05, 3.63) is 30.3 Å². The van der Waals surface area contributed by atoms with Crippen molar-refractivity contribution in [2.75, 3.05) is 46.9 Å². The van der Waals surface area contributed by atoms with E-state index in [1.165, 1.54) is 19.5 Å². The monoisotopic (exact) mass is 432 g/mol. The molecule has 1 aromatic carbocycles. The average molecular weight is 432 g/mol. The molecule has 0 aromatic heterocycles. The van der Waals surface area contributed by atoms with Crippen LogP contribution in [-0.4, -0.2) is 57.7 Å². The molecule has 0 saturated carbocycles. The van der Waals surface area contributed by atoms with E-state index in [1.54, 1.807) is 0 Å². The van der Waals surface area contributed by atoms with Crippen molar-refractivity contribution >= 4 is 29.9 Å². The van der Waals surface area contributed by atoms with Gasteiger partial charge in [0, 0.05) is 26.7 Å². The molecule has 1 atom stereocenters. The smallest absolute Gasteiger partial charge is 0.190 e. The fourth-order valence-corrected chi connectivity index (χ4v) is 2.64. The van der Waals surface area contributed by atoms with E-state index in [1.807, 2.05) is 37.4 Å². The van der Waals surface area contributed by atoms with Crippen molar-refractivity contribution in [2.45, 2.75) is 12.8 Å². The average Bonchev–Trinajstić information content (AvgIpc) is 2.96. The molecular formula is C17H29IN4O. The maximum Gasteiger partial charge on any atom is 0.190 e. The van der Waals surface area contributed by atoms with E-state index in [9.17, 15) is 0 Å². The summed E-state index contributed by atoms with van der Waals surface area (Å²) in [5.74, 6) is 2.54. The zero-order valence-corrected chi connectivity index (χ0v) is 16.5. The number of likely N-dealkylation sites (tertiary alicyclic amines) is 1. The highest BCUT2D eigenvalue weighted by Crippen LogP contribution is 2.12. The van der Waals surface area contributed by atoms with Crippen LogP contribution in [0.2, 0.25) is 0 Å². The third-order valence-corrected chi connectivity index (χ3v) is 3.90. The quantitative estimate of drug-likeness (QED) is 0.300. The fraction of sp³-hybridized carbons (Fsp3) is 0.588. The Morgan fingerprint density at radius 1 is 1.30 bits per heavy atom. The maximum atomic E-state index is 5.67. The van der Waals surface area contributed by atoms with E-state index < -0.39 is 0 Å². The Kier molecular flexibility index (Phi) is 10.0. The lowest BCUT2D eigenvalue weighted by Gasteiger charge is -2.15. The zero-order valence-electron chi connectivity index (χ0n) is 14.1. The summed E-state index contributed by atoms with van der Waals surface area (Å²) in [6.45, 7) is 4.94. The van der Waals surface area contributed by atoms with Gasteiger partial charge >= 0.3 is 0 Å². The van der Waals surface area contributed by atoms with E-state index >= 15 is 0 Å². The van der Waals surface area contributed by atoms with Crippen LogP contribution in [0.3, 0.4) is 0 Å². The molecule has 1 aliphatic rings. The first kappa shape index (κ1) is 20.0. The van der Waals surface area contributed by atoms with Gasteiger partial charge in [0.05, 0.1) is 6.61 Å². The van der Waals surface area contributed by atoms with Gasteiger partial charge in [-0.3, -0.25) is 4.99 Å². The molecule has 1 saturated heterocycles. The second kappa shape index (κ2) is 11.5. The number of guanidine groups is 1. The van der Waals surface area contributed by atoms with E-state index in [4.69, 9.17) is 4.74 Å². The molecule has 130 valence electrons. The summed E-state index contributed by atoms with van der Waals surface area (Å²) < 4.78 is 5.67. The Hall–Kier alpha value is -1.02. The topological polar surface area (TPSA) is 48.9 Å². The van der Waals surface area contributed by atoms with Gasteiger partial charge in [0.2, 0.25) is 0 Å². The molecule has 1 aliphatic heterocycles. The normalized spacial score (nSPS) is 18.3. The van der Waals surface area contributed by atoms with Crippen LogP contribution in [0, 0.1) is 5.92 Å². The molecule has 0 amide bonds. The van der Waals surface area contributed by atoms with E-state index in [0.29, 0.717) is 6.61 Å². The van der Waals surface area contributed by atoms with Gasteiger partial charge in [0.1, 0.15) is 5.75 Å². The maximum absolute atomic E-state index is 5.67. The molecular weight excluding hydrogens is 403 g/mol. The standard InChI is InChI=1S/C17H28N4O.HI/c1-18-17(20-13-15-9-11-21(2)14-15)19-10-6-12-22-16-7-4-3-5-8-16;/h3-5,7-8,15H,6,9-14H2,1-2H3,(H2,18,19,20);1H. The molecule has 2 rings (SSSR count). The Morgan fingerprint density at radius 2 is 2.09 bits per heavy atom. The highest BCUT2D eigenvalue weighted by Gasteiger charge is 2.19.